The lowest BCUT2D eigenvalue weighted by atomic mass is 10.2. The van der Waals surface area contributed by atoms with Gasteiger partial charge in [0.2, 0.25) is 0 Å². The lowest BCUT2D eigenvalue weighted by Crippen LogP contribution is -2.27. The van der Waals surface area contributed by atoms with Gasteiger partial charge in [-0.15, -0.1) is 0 Å². The van der Waals surface area contributed by atoms with Gasteiger partial charge in [-0.25, -0.2) is 4.79 Å². The van der Waals surface area contributed by atoms with E-state index in [2.05, 4.69) is 18.7 Å². The number of nitrogens with one attached hydrogen (secondary N) is 1. The first-order valence-corrected chi connectivity index (χ1v) is 7.98. The molecule has 0 aromatic heterocycles. The van der Waals surface area contributed by atoms with Crippen molar-refractivity contribution >= 4 is 11.7 Å². The Balaban J connectivity index is 4.17. The number of carbonyl (C=O) groups is 1. The van der Waals surface area contributed by atoms with Gasteiger partial charge in [-0.1, -0.05) is 32.8 Å². The van der Waals surface area contributed by atoms with Crippen LogP contribution in [-0.4, -0.2) is 65.7 Å². The molecule has 0 saturated carbocycles. The monoisotopic (exact) mass is 314 g/mol. The number of aliphatic hydroxyl groups excluding tert-OH is 2. The molecule has 22 heavy (non-hydrogen) atoms. The van der Waals surface area contributed by atoms with E-state index < -0.39 is 18.7 Å². The van der Waals surface area contributed by atoms with Gasteiger partial charge in [0.25, 0.3) is 0 Å². The Morgan fingerprint density at radius 2 is 1.86 bits per heavy atom. The van der Waals surface area contributed by atoms with Crippen molar-refractivity contribution in [2.45, 2.75) is 45.6 Å². The van der Waals surface area contributed by atoms with E-state index in [9.17, 15) is 4.79 Å². The van der Waals surface area contributed by atoms with Gasteiger partial charge in [-0.05, 0) is 32.0 Å². The normalized spacial score (nSPS) is 12.8. The lowest BCUT2D eigenvalue weighted by Gasteiger charge is -2.19. The Hall–Kier alpha value is -1.24. The van der Waals surface area contributed by atoms with Gasteiger partial charge >= 0.3 is 5.97 Å². The second-order valence-electron chi connectivity index (χ2n) is 5.26. The fourth-order valence-electron chi connectivity index (χ4n) is 1.75. The van der Waals surface area contributed by atoms with Gasteiger partial charge in [0, 0.05) is 6.54 Å². The fraction of sp³-hybridized carbons (Fsp3) is 0.750. The minimum Gasteiger partial charge on any atom is -0.458 e. The van der Waals surface area contributed by atoms with E-state index in [4.69, 9.17) is 20.4 Å². The Labute approximate surface area is 133 Å². The Bertz CT molecular complexity index is 337. The van der Waals surface area contributed by atoms with Gasteiger partial charge in [0.1, 0.15) is 18.4 Å². The molecule has 0 bridgehead atoms. The summed E-state index contributed by atoms with van der Waals surface area (Å²) in [7, 11) is 0. The van der Waals surface area contributed by atoms with Crippen molar-refractivity contribution in [3.05, 3.63) is 12.2 Å². The van der Waals surface area contributed by atoms with E-state index in [1.165, 1.54) is 6.08 Å². The number of unbranched alkanes of at least 4 members (excludes halogenated alkanes) is 2. The molecule has 0 fully saturated rings. The SMILES string of the molecule is CCCCN(C/C=C/C(=N)C(=O)OCC(O)CO)CCCC. The molecule has 6 heteroatoms. The number of hydrogen-bond acceptors (Lipinski definition) is 6. The summed E-state index contributed by atoms with van der Waals surface area (Å²) in [4.78, 5) is 13.8. The quantitative estimate of drug-likeness (QED) is 0.352. The molecule has 0 heterocycles. The van der Waals surface area contributed by atoms with Crippen LogP contribution in [0.4, 0.5) is 0 Å². The summed E-state index contributed by atoms with van der Waals surface area (Å²) in [5.41, 5.74) is -0.254. The Morgan fingerprint density at radius 1 is 1.27 bits per heavy atom. The van der Waals surface area contributed by atoms with Crippen molar-refractivity contribution in [2.24, 2.45) is 0 Å². The third kappa shape index (κ3) is 10.5. The summed E-state index contributed by atoms with van der Waals surface area (Å²) in [6.45, 7) is 6.27. The third-order valence-corrected chi connectivity index (χ3v) is 3.14. The van der Waals surface area contributed by atoms with Crippen LogP contribution in [0.5, 0.6) is 0 Å². The molecule has 1 atom stereocenters. The van der Waals surface area contributed by atoms with Crippen LogP contribution in [-0.2, 0) is 9.53 Å². The summed E-state index contributed by atoms with van der Waals surface area (Å²) >= 11 is 0. The molecule has 1 unspecified atom stereocenters. The first-order chi connectivity index (χ1) is 10.5. The van der Waals surface area contributed by atoms with Crippen LogP contribution in [0, 0.1) is 5.41 Å². The van der Waals surface area contributed by atoms with E-state index in [1.54, 1.807) is 6.08 Å². The van der Waals surface area contributed by atoms with Crippen molar-refractivity contribution in [3.8, 4) is 0 Å². The average Bonchev–Trinajstić information content (AvgIpc) is 2.53. The zero-order valence-electron chi connectivity index (χ0n) is 13.8. The summed E-state index contributed by atoms with van der Waals surface area (Å²) < 4.78 is 4.71. The largest absolute Gasteiger partial charge is 0.458 e. The van der Waals surface area contributed by atoms with E-state index in [-0.39, 0.29) is 12.3 Å². The van der Waals surface area contributed by atoms with E-state index in [0.29, 0.717) is 6.54 Å². The number of aliphatic hydroxyl groups is 2. The van der Waals surface area contributed by atoms with E-state index >= 15 is 0 Å². The van der Waals surface area contributed by atoms with Crippen molar-refractivity contribution < 1.29 is 19.7 Å². The highest BCUT2D eigenvalue weighted by atomic mass is 16.5. The molecule has 0 aliphatic carbocycles. The molecule has 0 aliphatic rings. The Kier molecular flexibility index (Phi) is 12.7. The smallest absolute Gasteiger partial charge is 0.356 e. The fourth-order valence-corrected chi connectivity index (χ4v) is 1.75. The molecule has 0 aromatic rings. The van der Waals surface area contributed by atoms with Gasteiger partial charge in [0.15, 0.2) is 0 Å². The molecule has 0 amide bonds. The van der Waals surface area contributed by atoms with E-state index in [1.807, 2.05) is 0 Å². The summed E-state index contributed by atoms with van der Waals surface area (Å²) in [5.74, 6) is -0.794. The molecule has 128 valence electrons. The maximum absolute atomic E-state index is 11.5. The van der Waals surface area contributed by atoms with Crippen LogP contribution in [0.1, 0.15) is 39.5 Å². The highest BCUT2D eigenvalue weighted by Gasteiger charge is 2.11. The van der Waals surface area contributed by atoms with Crippen LogP contribution >= 0.6 is 0 Å². The molecule has 0 rings (SSSR count). The molecule has 0 radical (unpaired) electrons. The third-order valence-electron chi connectivity index (χ3n) is 3.14. The molecule has 0 spiro atoms. The Morgan fingerprint density at radius 3 is 2.36 bits per heavy atom. The van der Waals surface area contributed by atoms with Gasteiger partial charge in [0.05, 0.1) is 6.61 Å². The minimum absolute atomic E-state index is 0.254. The zero-order valence-corrected chi connectivity index (χ0v) is 13.8. The first kappa shape index (κ1) is 20.8. The molecular weight excluding hydrogens is 284 g/mol. The zero-order chi connectivity index (χ0) is 16.8. The minimum atomic E-state index is -1.10. The molecule has 0 saturated heterocycles. The van der Waals surface area contributed by atoms with Crippen LogP contribution in [0.15, 0.2) is 12.2 Å². The maximum atomic E-state index is 11.5. The second kappa shape index (κ2) is 13.4. The highest BCUT2D eigenvalue weighted by Crippen LogP contribution is 1.99. The van der Waals surface area contributed by atoms with Crippen molar-refractivity contribution in [2.75, 3.05) is 32.8 Å². The standard InChI is InChI=1S/C16H30N2O4/c1-3-5-9-18(10-6-4-2)11-7-8-15(17)16(21)22-13-14(20)12-19/h7-8,14,17,19-20H,3-6,9-13H2,1-2H3/b8-7+,17-15?. The van der Waals surface area contributed by atoms with Gasteiger partial charge in [-0.3, -0.25) is 10.3 Å². The number of hydrogen-bond donors (Lipinski definition) is 3. The van der Waals surface area contributed by atoms with Gasteiger partial charge < -0.3 is 14.9 Å². The maximum Gasteiger partial charge on any atom is 0.356 e. The summed E-state index contributed by atoms with van der Waals surface area (Å²) in [5, 5.41) is 25.3. The van der Waals surface area contributed by atoms with Crippen LogP contribution in [0.2, 0.25) is 0 Å². The number of nitrogens with zero attached hydrogens (tertiary/aromatic N) is 1. The van der Waals surface area contributed by atoms with Crippen molar-refractivity contribution in [3.63, 3.8) is 0 Å². The molecule has 6 nitrogen and oxygen atoms in total. The van der Waals surface area contributed by atoms with Crippen LogP contribution in [0.25, 0.3) is 0 Å². The van der Waals surface area contributed by atoms with Crippen LogP contribution in [0.3, 0.4) is 0 Å². The molecule has 0 aliphatic heterocycles. The topological polar surface area (TPSA) is 93.9 Å². The summed E-state index contributed by atoms with van der Waals surface area (Å²) in [6, 6.07) is 0. The first-order valence-electron chi connectivity index (χ1n) is 7.98. The molecule has 3 N–H and O–H groups in total. The predicted octanol–water partition coefficient (Wildman–Crippen LogP) is 1.36. The van der Waals surface area contributed by atoms with Gasteiger partial charge in [-0.2, -0.15) is 0 Å². The van der Waals surface area contributed by atoms with Crippen molar-refractivity contribution in [1.82, 2.24) is 4.90 Å². The second-order valence-corrected chi connectivity index (χ2v) is 5.26. The average molecular weight is 314 g/mol. The number of rotatable bonds is 13. The molecular formula is C16H30N2O4. The molecule has 0 aromatic carbocycles. The summed E-state index contributed by atoms with van der Waals surface area (Å²) in [6.07, 6.45) is 6.67. The number of ether oxygens (including phenoxy) is 1. The number of carbonyl (C=O) groups excluding carboxylic acids is 1. The van der Waals surface area contributed by atoms with Crippen molar-refractivity contribution in [1.29, 1.82) is 5.41 Å². The lowest BCUT2D eigenvalue weighted by molar-refractivity contribution is -0.139. The van der Waals surface area contributed by atoms with Crippen LogP contribution < -0.4 is 0 Å². The number of esters is 1. The predicted molar refractivity (Wildman–Crippen MR) is 87.2 cm³/mol. The van der Waals surface area contributed by atoms with E-state index in [0.717, 1.165) is 38.8 Å². The highest BCUT2D eigenvalue weighted by molar-refractivity contribution is 6.39.